The van der Waals surface area contributed by atoms with Crippen LogP contribution in [0.3, 0.4) is 0 Å². The highest BCUT2D eigenvalue weighted by molar-refractivity contribution is 5.71. The minimum atomic E-state index is -1.53. The number of allylic oxidation sites excluding steroid dienone is 22. The standard InChI is InChI=1S/C76H127NO8/c1-6-8-10-12-14-16-18-20-22-24-26-28-30-32-33-34-35-36-37-38-39-40-41-43-45-47-49-51-53-55-57-59-61-63-65-67-74(79)85-72(71-84-76(75(80)81)82-69-68-77(3,4)5)70-83-73(78)66-64-62-60-58-56-54-52-50-48-46-44-42-31-29-27-25-23-21-19-17-15-13-11-9-7-2/h8,10,14,16,20,22,25-28,32-33,35-36,38-39,41,43,47,49,53,55,72,76H,6-7,9,11-13,15,17-19,21,23-24,29-31,34,37,40,42,44-46,48,50-52,54,56-71H2,1-5H3/p+1/b10-8-,16-14-,22-20-,27-25-,28-26-,33-32-,36-35-,39-38-,43-41-,49-47-,55-53-. The van der Waals surface area contributed by atoms with E-state index in [-0.39, 0.29) is 32.2 Å². The van der Waals surface area contributed by atoms with Crippen LogP contribution in [0, 0.1) is 0 Å². The maximum absolute atomic E-state index is 12.9. The van der Waals surface area contributed by atoms with Crippen LogP contribution in [0.4, 0.5) is 0 Å². The summed E-state index contributed by atoms with van der Waals surface area (Å²) in [6.45, 7) is 4.74. The molecule has 9 nitrogen and oxygen atoms in total. The van der Waals surface area contributed by atoms with Crippen molar-refractivity contribution in [2.24, 2.45) is 0 Å². The third-order valence-electron chi connectivity index (χ3n) is 14.4. The number of ether oxygens (including phenoxy) is 4. The molecule has 0 aromatic carbocycles. The molecule has 0 spiro atoms. The average Bonchev–Trinajstić information content (AvgIpc) is 3.48. The molecule has 0 aromatic heterocycles. The fourth-order valence-electron chi connectivity index (χ4n) is 9.15. The molecule has 0 aliphatic carbocycles. The summed E-state index contributed by atoms with van der Waals surface area (Å²) in [5.41, 5.74) is 0. The van der Waals surface area contributed by atoms with Gasteiger partial charge in [0.05, 0.1) is 34.4 Å². The van der Waals surface area contributed by atoms with Gasteiger partial charge in [-0.25, -0.2) is 4.79 Å². The number of quaternary nitrogens is 1. The van der Waals surface area contributed by atoms with Gasteiger partial charge in [0, 0.05) is 12.8 Å². The van der Waals surface area contributed by atoms with E-state index in [1.54, 1.807) is 0 Å². The molecule has 2 unspecified atom stereocenters. The van der Waals surface area contributed by atoms with Gasteiger partial charge in [-0.05, 0) is 116 Å². The first-order valence-corrected chi connectivity index (χ1v) is 34.3. The number of carboxylic acid groups (broad SMARTS) is 1. The van der Waals surface area contributed by atoms with Crippen LogP contribution in [0.25, 0.3) is 0 Å². The number of rotatable bonds is 62. The third-order valence-corrected chi connectivity index (χ3v) is 14.4. The fourth-order valence-corrected chi connectivity index (χ4v) is 9.15. The molecule has 2 atom stereocenters. The molecule has 0 fully saturated rings. The molecule has 0 amide bonds. The van der Waals surface area contributed by atoms with Crippen molar-refractivity contribution < 1.29 is 42.9 Å². The van der Waals surface area contributed by atoms with Crippen molar-refractivity contribution in [1.29, 1.82) is 0 Å². The Morgan fingerprint density at radius 2 is 0.671 bits per heavy atom. The van der Waals surface area contributed by atoms with Gasteiger partial charge in [-0.15, -0.1) is 0 Å². The van der Waals surface area contributed by atoms with E-state index in [2.05, 4.69) is 148 Å². The predicted octanol–water partition coefficient (Wildman–Crippen LogP) is 21.4. The smallest absolute Gasteiger partial charge is 0.361 e. The number of carboxylic acids is 1. The molecule has 0 heterocycles. The second kappa shape index (κ2) is 65.4. The Labute approximate surface area is 522 Å². The van der Waals surface area contributed by atoms with Crippen LogP contribution in [-0.4, -0.2) is 87.4 Å². The summed E-state index contributed by atoms with van der Waals surface area (Å²) < 4.78 is 22.9. The van der Waals surface area contributed by atoms with Gasteiger partial charge in [0.2, 0.25) is 0 Å². The van der Waals surface area contributed by atoms with E-state index in [1.165, 1.54) is 128 Å². The Bertz CT molecular complexity index is 1860. The van der Waals surface area contributed by atoms with Gasteiger partial charge in [0.15, 0.2) is 6.10 Å². The maximum atomic E-state index is 12.9. The zero-order chi connectivity index (χ0) is 61.9. The van der Waals surface area contributed by atoms with Gasteiger partial charge in [0.25, 0.3) is 6.29 Å². The van der Waals surface area contributed by atoms with Crippen LogP contribution in [0.2, 0.25) is 0 Å². The monoisotopic (exact) mass is 1180 g/mol. The van der Waals surface area contributed by atoms with Gasteiger partial charge in [-0.1, -0.05) is 276 Å². The quantitative estimate of drug-likeness (QED) is 0.0211. The van der Waals surface area contributed by atoms with Crippen LogP contribution >= 0.6 is 0 Å². The number of carbonyl (C=O) groups excluding carboxylic acids is 2. The summed E-state index contributed by atoms with van der Waals surface area (Å²) in [5, 5.41) is 9.74. The van der Waals surface area contributed by atoms with Crippen LogP contribution in [0.15, 0.2) is 134 Å². The lowest BCUT2D eigenvalue weighted by atomic mass is 10.0. The van der Waals surface area contributed by atoms with Crippen LogP contribution < -0.4 is 0 Å². The SMILES string of the molecule is CC/C=C\C/C=C\C/C=C\C/C=C\C/C=C\C/C=C\C/C=C\C/C=C\C/C=C\C/C=C\CCCCCCC(=O)OC(COC(=O)CCCCCCCCCCCCCCC/C=C\CCCCCCCCCC)COC(OCC[N+](C)(C)C)C(=O)O. The third kappa shape index (κ3) is 66.8. The topological polar surface area (TPSA) is 108 Å². The number of hydrogen-bond donors (Lipinski definition) is 1. The highest BCUT2D eigenvalue weighted by atomic mass is 16.7. The Kier molecular flexibility index (Phi) is 61.9. The molecule has 0 saturated carbocycles. The zero-order valence-electron chi connectivity index (χ0n) is 55.2. The molecule has 0 rings (SSSR count). The van der Waals surface area contributed by atoms with E-state index < -0.39 is 24.3 Å². The summed E-state index contributed by atoms with van der Waals surface area (Å²) in [6.07, 6.45) is 91.3. The van der Waals surface area contributed by atoms with E-state index in [0.717, 1.165) is 109 Å². The van der Waals surface area contributed by atoms with Crippen LogP contribution in [0.5, 0.6) is 0 Å². The highest BCUT2D eigenvalue weighted by Gasteiger charge is 2.25. The van der Waals surface area contributed by atoms with E-state index in [9.17, 15) is 19.5 Å². The molecule has 0 aliphatic heterocycles. The first-order chi connectivity index (χ1) is 41.6. The zero-order valence-corrected chi connectivity index (χ0v) is 55.2. The second-order valence-electron chi connectivity index (χ2n) is 23.7. The lowest BCUT2D eigenvalue weighted by Gasteiger charge is -2.25. The minimum absolute atomic E-state index is 0.176. The van der Waals surface area contributed by atoms with E-state index >= 15 is 0 Å². The summed E-state index contributed by atoms with van der Waals surface area (Å²) in [4.78, 5) is 37.6. The number of unbranched alkanes of at least 4 members (excludes halogenated alkanes) is 25. The van der Waals surface area contributed by atoms with E-state index in [4.69, 9.17) is 18.9 Å². The Morgan fingerprint density at radius 3 is 1.01 bits per heavy atom. The number of esters is 2. The van der Waals surface area contributed by atoms with Crippen molar-refractivity contribution in [2.75, 3.05) is 47.5 Å². The fraction of sp³-hybridized carbons (Fsp3) is 0.671. The number of aliphatic carboxylic acids is 1. The lowest BCUT2D eigenvalue weighted by molar-refractivity contribution is -0.870. The van der Waals surface area contributed by atoms with Crippen molar-refractivity contribution in [1.82, 2.24) is 0 Å². The van der Waals surface area contributed by atoms with Crippen LogP contribution in [0.1, 0.15) is 271 Å². The van der Waals surface area contributed by atoms with Crippen molar-refractivity contribution in [2.45, 2.75) is 283 Å². The number of likely N-dealkylation sites (N-methyl/N-ethyl adjacent to an activating group) is 1. The first-order valence-electron chi connectivity index (χ1n) is 34.3. The Hall–Kier alpha value is -4.57. The van der Waals surface area contributed by atoms with Crippen molar-refractivity contribution in [3.8, 4) is 0 Å². The summed E-state index contributed by atoms with van der Waals surface area (Å²) in [5.74, 6) is -2.05. The molecule has 0 bridgehead atoms. The molecule has 9 heteroatoms. The van der Waals surface area contributed by atoms with Gasteiger partial charge >= 0.3 is 17.9 Å². The molecule has 85 heavy (non-hydrogen) atoms. The molecule has 0 aliphatic rings. The van der Waals surface area contributed by atoms with E-state index in [0.29, 0.717) is 23.9 Å². The molecule has 1 N–H and O–H groups in total. The first kappa shape index (κ1) is 80.4. The molecule has 0 aromatic rings. The van der Waals surface area contributed by atoms with Crippen molar-refractivity contribution in [3.05, 3.63) is 134 Å². The molecule has 0 radical (unpaired) electrons. The van der Waals surface area contributed by atoms with Crippen LogP contribution in [-0.2, 0) is 33.3 Å². The second-order valence-corrected chi connectivity index (χ2v) is 23.7. The van der Waals surface area contributed by atoms with E-state index in [1.807, 2.05) is 21.1 Å². The number of nitrogens with zero attached hydrogens (tertiary/aromatic N) is 1. The number of hydrogen-bond acceptors (Lipinski definition) is 7. The van der Waals surface area contributed by atoms with Gasteiger partial charge in [-0.2, -0.15) is 0 Å². The summed E-state index contributed by atoms with van der Waals surface area (Å²) in [6, 6.07) is 0. The predicted molar refractivity (Wildman–Crippen MR) is 364 cm³/mol. The Morgan fingerprint density at radius 1 is 0.365 bits per heavy atom. The van der Waals surface area contributed by atoms with Crippen molar-refractivity contribution >= 4 is 17.9 Å². The summed E-state index contributed by atoms with van der Waals surface area (Å²) in [7, 11) is 5.96. The van der Waals surface area contributed by atoms with Crippen molar-refractivity contribution in [3.63, 3.8) is 0 Å². The number of carbonyl (C=O) groups is 3. The van der Waals surface area contributed by atoms with Gasteiger partial charge in [0.1, 0.15) is 13.2 Å². The average molecular weight is 1180 g/mol. The molecular formula is C76H128NO8+. The highest BCUT2D eigenvalue weighted by Crippen LogP contribution is 2.16. The largest absolute Gasteiger partial charge is 0.477 e. The summed E-state index contributed by atoms with van der Waals surface area (Å²) >= 11 is 0. The lowest BCUT2D eigenvalue weighted by Crippen LogP contribution is -2.40. The molecular weight excluding hydrogens is 1050 g/mol. The normalized spacial score (nSPS) is 13.6. The maximum Gasteiger partial charge on any atom is 0.361 e. The molecule has 0 saturated heterocycles. The Balaban J connectivity index is 4.25. The minimum Gasteiger partial charge on any atom is -0.477 e. The van der Waals surface area contributed by atoms with Gasteiger partial charge in [-0.3, -0.25) is 9.59 Å². The van der Waals surface area contributed by atoms with Gasteiger partial charge < -0.3 is 28.5 Å². The molecule has 484 valence electrons.